The summed E-state index contributed by atoms with van der Waals surface area (Å²) in [5.74, 6) is -0.0774. The zero-order chi connectivity index (χ0) is 16.8. The summed E-state index contributed by atoms with van der Waals surface area (Å²) in [5, 5.41) is 12.7. The van der Waals surface area contributed by atoms with Crippen LogP contribution < -0.4 is 5.32 Å². The van der Waals surface area contributed by atoms with Crippen molar-refractivity contribution in [3.05, 3.63) is 75.8 Å². The number of Topliss-reactive ketones (excluding diaryl/α,β-unsaturated/α-hetero) is 1. The molecule has 0 amide bonds. The lowest BCUT2D eigenvalue weighted by molar-refractivity contribution is -0.657. The Labute approximate surface area is 134 Å². The van der Waals surface area contributed by atoms with Crippen molar-refractivity contribution in [3.63, 3.8) is 0 Å². The SMILES string of the molecule is C[NH2+][C@H](C(=O)c1ccccc1)[C@@H](OC)c1cccc([N+](=O)[O-])c1. The van der Waals surface area contributed by atoms with Gasteiger partial charge in [-0.15, -0.1) is 0 Å². The maximum Gasteiger partial charge on any atom is 0.269 e. The molecule has 0 radical (unpaired) electrons. The van der Waals surface area contributed by atoms with Gasteiger partial charge in [-0.1, -0.05) is 42.5 Å². The van der Waals surface area contributed by atoms with Gasteiger partial charge in [0.25, 0.3) is 5.69 Å². The van der Waals surface area contributed by atoms with Gasteiger partial charge in [-0.25, -0.2) is 0 Å². The van der Waals surface area contributed by atoms with Crippen molar-refractivity contribution >= 4 is 11.5 Å². The number of carbonyl (C=O) groups excluding carboxylic acids is 1. The van der Waals surface area contributed by atoms with Crippen LogP contribution in [0.3, 0.4) is 0 Å². The minimum atomic E-state index is -0.576. The van der Waals surface area contributed by atoms with Gasteiger partial charge in [0.1, 0.15) is 6.10 Å². The minimum Gasteiger partial charge on any atom is -0.370 e. The molecule has 0 bridgehead atoms. The van der Waals surface area contributed by atoms with E-state index in [1.54, 1.807) is 48.8 Å². The number of quaternary nitrogens is 1. The molecule has 0 aliphatic rings. The van der Waals surface area contributed by atoms with Crippen LogP contribution in [0.2, 0.25) is 0 Å². The summed E-state index contributed by atoms with van der Waals surface area (Å²) in [7, 11) is 3.28. The maximum absolute atomic E-state index is 12.7. The molecule has 120 valence electrons. The van der Waals surface area contributed by atoms with Crippen LogP contribution in [0.1, 0.15) is 22.0 Å². The predicted molar refractivity (Wildman–Crippen MR) is 85.3 cm³/mol. The van der Waals surface area contributed by atoms with Gasteiger partial charge in [0.2, 0.25) is 5.78 Å². The lowest BCUT2D eigenvalue weighted by atomic mass is 9.94. The third-order valence-electron chi connectivity index (χ3n) is 3.71. The summed E-state index contributed by atoms with van der Waals surface area (Å²) < 4.78 is 5.49. The van der Waals surface area contributed by atoms with Crippen molar-refractivity contribution in [2.75, 3.05) is 14.2 Å². The number of likely N-dealkylation sites (N-methyl/N-ethyl adjacent to an activating group) is 1. The molecule has 6 nitrogen and oxygen atoms in total. The fraction of sp³-hybridized carbons (Fsp3) is 0.235. The minimum absolute atomic E-state index is 0.0217. The Morgan fingerprint density at radius 2 is 1.87 bits per heavy atom. The normalized spacial score (nSPS) is 13.3. The highest BCUT2D eigenvalue weighted by molar-refractivity contribution is 5.99. The topological polar surface area (TPSA) is 86.0 Å². The average molecular weight is 315 g/mol. The van der Waals surface area contributed by atoms with Crippen molar-refractivity contribution in [2.45, 2.75) is 12.1 Å². The lowest BCUT2D eigenvalue weighted by Gasteiger charge is -2.22. The van der Waals surface area contributed by atoms with Gasteiger partial charge >= 0.3 is 0 Å². The number of carbonyl (C=O) groups is 1. The Kier molecular flexibility index (Phi) is 5.56. The third-order valence-corrected chi connectivity index (χ3v) is 3.71. The van der Waals surface area contributed by atoms with E-state index in [-0.39, 0.29) is 11.5 Å². The van der Waals surface area contributed by atoms with E-state index >= 15 is 0 Å². The first-order valence-electron chi connectivity index (χ1n) is 7.24. The first-order valence-corrected chi connectivity index (χ1v) is 7.24. The number of nitro groups is 1. The first-order chi connectivity index (χ1) is 11.1. The lowest BCUT2D eigenvalue weighted by Crippen LogP contribution is -2.89. The van der Waals surface area contributed by atoms with Crippen LogP contribution in [0.4, 0.5) is 5.69 Å². The molecule has 0 saturated heterocycles. The van der Waals surface area contributed by atoms with E-state index in [4.69, 9.17) is 4.74 Å². The molecule has 2 atom stereocenters. The molecule has 0 saturated carbocycles. The third kappa shape index (κ3) is 3.80. The molecule has 0 heterocycles. The molecule has 0 unspecified atom stereocenters. The van der Waals surface area contributed by atoms with Crippen molar-refractivity contribution < 1.29 is 19.8 Å². The molecule has 23 heavy (non-hydrogen) atoms. The second-order valence-electron chi connectivity index (χ2n) is 5.10. The zero-order valence-electron chi connectivity index (χ0n) is 13.0. The first kappa shape index (κ1) is 16.8. The van der Waals surface area contributed by atoms with E-state index in [1.807, 2.05) is 6.07 Å². The van der Waals surface area contributed by atoms with E-state index in [0.717, 1.165) is 0 Å². The summed E-state index contributed by atoms with van der Waals surface area (Å²) in [6, 6.07) is 14.6. The highest BCUT2D eigenvalue weighted by Gasteiger charge is 2.33. The van der Waals surface area contributed by atoms with Crippen LogP contribution in [0.25, 0.3) is 0 Å². The molecule has 6 heteroatoms. The number of nitrogens with two attached hydrogens (primary N) is 1. The number of rotatable bonds is 7. The monoisotopic (exact) mass is 315 g/mol. The van der Waals surface area contributed by atoms with Crippen LogP contribution in [-0.2, 0) is 4.74 Å². The molecule has 2 rings (SSSR count). The molecule has 2 aromatic carbocycles. The molecule has 0 aliphatic heterocycles. The molecular formula is C17H19N2O4+. The van der Waals surface area contributed by atoms with Crippen LogP contribution in [0, 0.1) is 10.1 Å². The van der Waals surface area contributed by atoms with Crippen molar-refractivity contribution in [3.8, 4) is 0 Å². The fourth-order valence-electron chi connectivity index (χ4n) is 2.56. The molecule has 2 aromatic rings. The van der Waals surface area contributed by atoms with Crippen molar-refractivity contribution in [1.82, 2.24) is 0 Å². The number of ketones is 1. The van der Waals surface area contributed by atoms with Gasteiger partial charge in [-0.3, -0.25) is 14.9 Å². The van der Waals surface area contributed by atoms with Crippen LogP contribution in [0.5, 0.6) is 0 Å². The Balaban J connectivity index is 2.35. The smallest absolute Gasteiger partial charge is 0.269 e. The van der Waals surface area contributed by atoms with E-state index in [1.165, 1.54) is 19.2 Å². The summed E-state index contributed by atoms with van der Waals surface area (Å²) in [6.07, 6.45) is -0.576. The van der Waals surface area contributed by atoms with Gasteiger partial charge in [0.05, 0.1) is 12.0 Å². The molecule has 0 aromatic heterocycles. The predicted octanol–water partition coefficient (Wildman–Crippen LogP) is 1.73. The van der Waals surface area contributed by atoms with Gasteiger partial charge in [0, 0.05) is 24.8 Å². The highest BCUT2D eigenvalue weighted by atomic mass is 16.6. The van der Waals surface area contributed by atoms with Crippen LogP contribution in [0.15, 0.2) is 54.6 Å². The highest BCUT2D eigenvalue weighted by Crippen LogP contribution is 2.24. The number of methoxy groups -OCH3 is 1. The Hall–Kier alpha value is -2.57. The van der Waals surface area contributed by atoms with E-state index in [2.05, 4.69) is 0 Å². The van der Waals surface area contributed by atoms with E-state index < -0.39 is 17.1 Å². The van der Waals surface area contributed by atoms with E-state index in [9.17, 15) is 14.9 Å². The molecule has 0 spiro atoms. The summed E-state index contributed by atoms with van der Waals surface area (Å²) in [4.78, 5) is 23.2. The standard InChI is InChI=1S/C17H18N2O4/c1-18-15(16(20)12-7-4-3-5-8-12)17(23-2)13-9-6-10-14(11-13)19(21)22/h3-11,15,17-18H,1-2H3/p+1/t15-,17+/m1/s1. The Morgan fingerprint density at radius 3 is 2.43 bits per heavy atom. The molecule has 0 fully saturated rings. The number of nitrogens with zero attached hydrogens (tertiary/aromatic N) is 1. The van der Waals surface area contributed by atoms with Crippen LogP contribution in [-0.4, -0.2) is 30.9 Å². The summed E-state index contributed by atoms with van der Waals surface area (Å²) in [6.45, 7) is 0. The van der Waals surface area contributed by atoms with Crippen LogP contribution >= 0.6 is 0 Å². The zero-order valence-corrected chi connectivity index (χ0v) is 13.0. The van der Waals surface area contributed by atoms with Gasteiger partial charge in [-0.2, -0.15) is 0 Å². The molecular weight excluding hydrogens is 296 g/mol. The summed E-state index contributed by atoms with van der Waals surface area (Å²) in [5.41, 5.74) is 1.17. The molecule has 2 N–H and O–H groups in total. The Bertz CT molecular complexity index is 688. The number of nitro benzene ring substituents is 1. The number of hydrogen-bond acceptors (Lipinski definition) is 4. The van der Waals surface area contributed by atoms with Crippen molar-refractivity contribution in [2.24, 2.45) is 0 Å². The van der Waals surface area contributed by atoms with Gasteiger partial charge in [0.15, 0.2) is 6.04 Å². The van der Waals surface area contributed by atoms with Gasteiger partial charge < -0.3 is 10.1 Å². The Morgan fingerprint density at radius 1 is 1.17 bits per heavy atom. The van der Waals surface area contributed by atoms with Gasteiger partial charge in [-0.05, 0) is 5.56 Å². The van der Waals surface area contributed by atoms with E-state index in [0.29, 0.717) is 11.1 Å². The maximum atomic E-state index is 12.7. The number of hydrogen-bond donors (Lipinski definition) is 1. The largest absolute Gasteiger partial charge is 0.370 e. The average Bonchev–Trinajstić information content (AvgIpc) is 2.59. The number of ether oxygens (including phenoxy) is 1. The fourth-order valence-corrected chi connectivity index (χ4v) is 2.56. The quantitative estimate of drug-likeness (QED) is 0.479. The number of benzene rings is 2. The van der Waals surface area contributed by atoms with Crippen molar-refractivity contribution in [1.29, 1.82) is 0 Å². The molecule has 0 aliphatic carbocycles. The second kappa shape index (κ2) is 7.62. The summed E-state index contributed by atoms with van der Waals surface area (Å²) >= 11 is 0. The second-order valence-corrected chi connectivity index (χ2v) is 5.10. The number of non-ortho nitro benzene ring substituents is 1.